The Morgan fingerprint density at radius 1 is 1.10 bits per heavy atom. The van der Waals surface area contributed by atoms with Gasteiger partial charge in [0.2, 0.25) is 5.91 Å². The summed E-state index contributed by atoms with van der Waals surface area (Å²) in [6, 6.07) is 8.41. The third-order valence-corrected chi connectivity index (χ3v) is 5.72. The number of amides is 1. The maximum Gasteiger partial charge on any atom is 0.227 e. The molecule has 1 fully saturated rings. The summed E-state index contributed by atoms with van der Waals surface area (Å²) in [4.78, 5) is 16.9. The van der Waals surface area contributed by atoms with E-state index < -0.39 is 0 Å². The maximum absolute atomic E-state index is 12.2. The second-order valence-electron chi connectivity index (χ2n) is 5.36. The molecule has 20 heavy (non-hydrogen) atoms. The zero-order valence-corrected chi connectivity index (χ0v) is 13.1. The highest BCUT2D eigenvalue weighted by atomic mass is 32.1. The Kier molecular flexibility index (Phi) is 4.53. The molecule has 0 aliphatic carbocycles. The lowest BCUT2D eigenvalue weighted by Gasteiger charge is -2.32. The average molecular weight is 305 g/mol. The van der Waals surface area contributed by atoms with Crippen LogP contribution in [0.1, 0.15) is 22.6 Å². The molecule has 0 atom stereocenters. The van der Waals surface area contributed by atoms with Crippen molar-refractivity contribution in [3.8, 4) is 0 Å². The molecule has 0 bridgehead atoms. The number of carbonyl (C=O) groups is 1. The number of piperidine rings is 1. The number of nitrogens with zero attached hydrogens (tertiary/aromatic N) is 1. The molecule has 0 aromatic carbocycles. The van der Waals surface area contributed by atoms with E-state index in [4.69, 9.17) is 0 Å². The van der Waals surface area contributed by atoms with Crippen LogP contribution in [0.25, 0.3) is 0 Å². The molecule has 106 valence electrons. The second kappa shape index (κ2) is 6.55. The van der Waals surface area contributed by atoms with Crippen molar-refractivity contribution in [2.24, 2.45) is 5.92 Å². The smallest absolute Gasteiger partial charge is 0.227 e. The van der Waals surface area contributed by atoms with Gasteiger partial charge in [-0.3, -0.25) is 4.79 Å². The SMILES string of the molecule is O=C(Cc1cccs1)N1CCC(Cc2cccs2)CC1. The standard InChI is InChI=1S/C16H19NOS2/c18-16(12-15-4-2-10-20-15)17-7-5-13(6-8-17)11-14-3-1-9-19-14/h1-4,9-10,13H,5-8,11-12H2. The molecule has 3 rings (SSSR count). The Labute approximate surface area is 128 Å². The van der Waals surface area contributed by atoms with Gasteiger partial charge in [0.05, 0.1) is 6.42 Å². The monoisotopic (exact) mass is 305 g/mol. The summed E-state index contributed by atoms with van der Waals surface area (Å²) < 4.78 is 0. The first kappa shape index (κ1) is 13.8. The van der Waals surface area contributed by atoms with Gasteiger partial charge in [-0.05, 0) is 48.1 Å². The summed E-state index contributed by atoms with van der Waals surface area (Å²) in [7, 11) is 0. The number of hydrogen-bond donors (Lipinski definition) is 0. The Morgan fingerprint density at radius 2 is 1.75 bits per heavy atom. The molecule has 1 aliphatic rings. The lowest BCUT2D eigenvalue weighted by atomic mass is 9.93. The Balaban J connectivity index is 1.47. The molecule has 2 aromatic rings. The third-order valence-electron chi connectivity index (χ3n) is 3.94. The summed E-state index contributed by atoms with van der Waals surface area (Å²) in [5, 5.41) is 4.19. The highest BCUT2D eigenvalue weighted by molar-refractivity contribution is 7.10. The van der Waals surface area contributed by atoms with Crippen molar-refractivity contribution in [3.05, 3.63) is 44.8 Å². The van der Waals surface area contributed by atoms with Gasteiger partial charge in [0.15, 0.2) is 0 Å². The molecule has 0 saturated carbocycles. The van der Waals surface area contributed by atoms with Crippen LogP contribution >= 0.6 is 22.7 Å². The number of carbonyl (C=O) groups excluding carboxylic acids is 1. The Morgan fingerprint density at radius 3 is 2.35 bits per heavy atom. The van der Waals surface area contributed by atoms with Gasteiger partial charge in [0.25, 0.3) is 0 Å². The molecule has 0 N–H and O–H groups in total. The van der Waals surface area contributed by atoms with Crippen molar-refractivity contribution in [2.45, 2.75) is 25.7 Å². The number of hydrogen-bond acceptors (Lipinski definition) is 3. The lowest BCUT2D eigenvalue weighted by molar-refractivity contribution is -0.131. The van der Waals surface area contributed by atoms with Gasteiger partial charge >= 0.3 is 0 Å². The van der Waals surface area contributed by atoms with Crippen LogP contribution in [0.3, 0.4) is 0 Å². The van der Waals surface area contributed by atoms with E-state index in [1.165, 1.54) is 16.2 Å². The van der Waals surface area contributed by atoms with Gasteiger partial charge in [-0.25, -0.2) is 0 Å². The molecule has 0 spiro atoms. The van der Waals surface area contributed by atoms with E-state index in [-0.39, 0.29) is 0 Å². The largest absolute Gasteiger partial charge is 0.342 e. The van der Waals surface area contributed by atoms with Crippen LogP contribution in [0.15, 0.2) is 35.0 Å². The van der Waals surface area contributed by atoms with E-state index in [2.05, 4.69) is 17.5 Å². The molecule has 0 unspecified atom stereocenters. The summed E-state index contributed by atoms with van der Waals surface area (Å²) in [5.41, 5.74) is 0. The Bertz CT molecular complexity index is 525. The third kappa shape index (κ3) is 3.49. The minimum atomic E-state index is 0.294. The molecule has 2 aromatic heterocycles. The summed E-state index contributed by atoms with van der Waals surface area (Å²) in [5.74, 6) is 1.04. The maximum atomic E-state index is 12.2. The van der Waals surface area contributed by atoms with E-state index >= 15 is 0 Å². The zero-order chi connectivity index (χ0) is 13.8. The number of thiophene rings is 2. The molecule has 1 aliphatic heterocycles. The highest BCUT2D eigenvalue weighted by Crippen LogP contribution is 2.24. The number of rotatable bonds is 4. The van der Waals surface area contributed by atoms with Crippen molar-refractivity contribution < 1.29 is 4.79 Å². The molecule has 2 nitrogen and oxygen atoms in total. The van der Waals surface area contributed by atoms with Crippen molar-refractivity contribution in [2.75, 3.05) is 13.1 Å². The van der Waals surface area contributed by atoms with Crippen molar-refractivity contribution >= 4 is 28.6 Å². The average Bonchev–Trinajstić information content (AvgIpc) is 3.13. The van der Waals surface area contributed by atoms with Gasteiger partial charge in [0.1, 0.15) is 0 Å². The van der Waals surface area contributed by atoms with Crippen LogP contribution in [0.5, 0.6) is 0 Å². The second-order valence-corrected chi connectivity index (χ2v) is 7.43. The van der Waals surface area contributed by atoms with Crippen LogP contribution < -0.4 is 0 Å². The predicted octanol–water partition coefficient (Wildman–Crippen LogP) is 3.83. The predicted molar refractivity (Wildman–Crippen MR) is 85.4 cm³/mol. The molecular weight excluding hydrogens is 286 g/mol. The first-order valence-corrected chi connectivity index (χ1v) is 8.90. The highest BCUT2D eigenvalue weighted by Gasteiger charge is 2.23. The lowest BCUT2D eigenvalue weighted by Crippen LogP contribution is -2.39. The molecule has 0 radical (unpaired) electrons. The molecule has 4 heteroatoms. The first-order valence-electron chi connectivity index (χ1n) is 7.14. The van der Waals surface area contributed by atoms with Crippen molar-refractivity contribution in [1.29, 1.82) is 0 Å². The van der Waals surface area contributed by atoms with E-state index in [0.717, 1.165) is 31.8 Å². The summed E-state index contributed by atoms with van der Waals surface area (Å²) in [6.45, 7) is 1.86. The molecule has 1 saturated heterocycles. The zero-order valence-electron chi connectivity index (χ0n) is 11.5. The van der Waals surface area contributed by atoms with Crippen LogP contribution in [0.4, 0.5) is 0 Å². The van der Waals surface area contributed by atoms with Gasteiger partial charge < -0.3 is 4.90 Å². The van der Waals surface area contributed by atoms with Crippen LogP contribution in [0, 0.1) is 5.92 Å². The van der Waals surface area contributed by atoms with Crippen molar-refractivity contribution in [1.82, 2.24) is 4.90 Å². The minimum absolute atomic E-state index is 0.294. The summed E-state index contributed by atoms with van der Waals surface area (Å²) in [6.07, 6.45) is 4.06. The minimum Gasteiger partial charge on any atom is -0.342 e. The first-order chi connectivity index (χ1) is 9.81. The fourth-order valence-electron chi connectivity index (χ4n) is 2.77. The summed E-state index contributed by atoms with van der Waals surface area (Å²) >= 11 is 3.52. The van der Waals surface area contributed by atoms with Gasteiger partial charge in [0, 0.05) is 22.8 Å². The van der Waals surface area contributed by atoms with Crippen LogP contribution in [0.2, 0.25) is 0 Å². The van der Waals surface area contributed by atoms with Crippen molar-refractivity contribution in [3.63, 3.8) is 0 Å². The fraction of sp³-hybridized carbons (Fsp3) is 0.438. The topological polar surface area (TPSA) is 20.3 Å². The van der Waals surface area contributed by atoms with Gasteiger partial charge in [-0.2, -0.15) is 0 Å². The number of likely N-dealkylation sites (tertiary alicyclic amines) is 1. The molecule has 1 amide bonds. The van der Waals surface area contributed by atoms with E-state index in [1.54, 1.807) is 11.3 Å². The van der Waals surface area contributed by atoms with Crippen LogP contribution in [-0.4, -0.2) is 23.9 Å². The van der Waals surface area contributed by atoms with Gasteiger partial charge in [-0.1, -0.05) is 12.1 Å². The quantitative estimate of drug-likeness (QED) is 0.840. The van der Waals surface area contributed by atoms with Gasteiger partial charge in [-0.15, -0.1) is 22.7 Å². The molecule has 3 heterocycles. The van der Waals surface area contributed by atoms with E-state index in [1.807, 2.05) is 33.7 Å². The van der Waals surface area contributed by atoms with E-state index in [9.17, 15) is 4.79 Å². The van der Waals surface area contributed by atoms with Crippen LogP contribution in [-0.2, 0) is 17.6 Å². The molecular formula is C16H19NOS2. The normalized spacial score (nSPS) is 16.5. The van der Waals surface area contributed by atoms with E-state index in [0.29, 0.717) is 12.3 Å². The Hall–Kier alpha value is -1.13. The fourth-order valence-corrected chi connectivity index (χ4v) is 4.29.